The fraction of sp³-hybridized carbons (Fsp3) is 0.500. The fourth-order valence-corrected chi connectivity index (χ4v) is 6.34. The zero-order valence-electron chi connectivity index (χ0n) is 12.3. The molecule has 2 aliphatic carbocycles. The van der Waals surface area contributed by atoms with Crippen LogP contribution in [0.4, 0.5) is 0 Å². The summed E-state index contributed by atoms with van der Waals surface area (Å²) in [5.41, 5.74) is -0.644. The van der Waals surface area contributed by atoms with E-state index in [0.717, 1.165) is 12.8 Å². The van der Waals surface area contributed by atoms with E-state index < -0.39 is 26.5 Å². The fourth-order valence-electron chi connectivity index (χ4n) is 4.16. The van der Waals surface area contributed by atoms with Gasteiger partial charge in [0.05, 0.1) is 16.1 Å². The lowest BCUT2D eigenvalue weighted by molar-refractivity contribution is -0.580. The van der Waals surface area contributed by atoms with Crippen LogP contribution in [0.3, 0.4) is 0 Å². The van der Waals surface area contributed by atoms with Crippen LogP contribution >= 0.6 is 0 Å². The van der Waals surface area contributed by atoms with E-state index in [9.17, 15) is 18.5 Å². The molecule has 1 aromatic carbocycles. The molecule has 0 N–H and O–H groups in total. The predicted molar refractivity (Wildman–Crippen MR) is 82.9 cm³/mol. The van der Waals surface area contributed by atoms with Crippen molar-refractivity contribution in [3.8, 4) is 0 Å². The molecule has 0 aromatic heterocycles. The zero-order valence-corrected chi connectivity index (χ0v) is 13.1. The van der Waals surface area contributed by atoms with Gasteiger partial charge in [-0.25, -0.2) is 8.42 Å². The molecule has 3 rings (SSSR count). The third-order valence-electron chi connectivity index (χ3n) is 5.14. The molecular formula is C16H19NO4S. The maximum absolute atomic E-state index is 13.0. The number of nitro groups is 1. The summed E-state index contributed by atoms with van der Waals surface area (Å²) in [6.45, 7) is 3.90. The number of hydrogen-bond acceptors (Lipinski definition) is 4. The van der Waals surface area contributed by atoms with E-state index in [4.69, 9.17) is 0 Å². The van der Waals surface area contributed by atoms with E-state index in [0.29, 0.717) is 18.4 Å². The molecule has 6 heteroatoms. The van der Waals surface area contributed by atoms with Crippen molar-refractivity contribution in [2.45, 2.75) is 47.8 Å². The molecule has 2 fully saturated rings. The molecule has 118 valence electrons. The van der Waals surface area contributed by atoms with Crippen LogP contribution in [-0.4, -0.2) is 24.1 Å². The van der Waals surface area contributed by atoms with Gasteiger partial charge < -0.3 is 0 Å². The predicted octanol–water partition coefficient (Wildman–Crippen LogP) is 2.99. The molecule has 0 saturated heterocycles. The highest BCUT2D eigenvalue weighted by molar-refractivity contribution is 7.92. The van der Waals surface area contributed by atoms with Gasteiger partial charge in [0, 0.05) is 17.8 Å². The number of rotatable bonds is 3. The van der Waals surface area contributed by atoms with Gasteiger partial charge in [-0.2, -0.15) is 0 Å². The van der Waals surface area contributed by atoms with Gasteiger partial charge in [-0.05, 0) is 25.0 Å². The first kappa shape index (κ1) is 15.2. The lowest BCUT2D eigenvalue weighted by Crippen LogP contribution is -2.47. The molecule has 0 heterocycles. The van der Waals surface area contributed by atoms with Gasteiger partial charge >= 0.3 is 0 Å². The molecule has 0 spiro atoms. The van der Waals surface area contributed by atoms with Crippen LogP contribution in [0.15, 0.2) is 47.4 Å². The molecule has 0 aliphatic heterocycles. The van der Waals surface area contributed by atoms with Crippen molar-refractivity contribution in [2.75, 3.05) is 0 Å². The molecule has 0 bridgehead atoms. The lowest BCUT2D eigenvalue weighted by Gasteiger charge is -2.33. The summed E-state index contributed by atoms with van der Waals surface area (Å²) in [5.74, 6) is -0.464. The summed E-state index contributed by atoms with van der Waals surface area (Å²) in [5, 5.41) is 10.8. The Kier molecular flexibility index (Phi) is 3.59. The Morgan fingerprint density at radius 1 is 1.23 bits per heavy atom. The van der Waals surface area contributed by atoms with Crippen LogP contribution in [0, 0.1) is 16.0 Å². The van der Waals surface area contributed by atoms with Crippen LogP contribution in [0.5, 0.6) is 0 Å². The van der Waals surface area contributed by atoms with Crippen molar-refractivity contribution in [1.29, 1.82) is 0 Å². The van der Waals surface area contributed by atoms with Crippen molar-refractivity contribution in [3.05, 3.63) is 52.6 Å². The van der Waals surface area contributed by atoms with E-state index >= 15 is 0 Å². The number of sulfone groups is 1. The molecule has 3 unspecified atom stereocenters. The monoisotopic (exact) mass is 321 g/mol. The van der Waals surface area contributed by atoms with Crippen molar-refractivity contribution in [1.82, 2.24) is 0 Å². The summed E-state index contributed by atoms with van der Waals surface area (Å²) >= 11 is 0. The highest BCUT2D eigenvalue weighted by atomic mass is 32.2. The Bertz CT molecular complexity index is 713. The minimum absolute atomic E-state index is 0.182. The molecule has 5 nitrogen and oxygen atoms in total. The number of benzene rings is 1. The van der Waals surface area contributed by atoms with E-state index in [1.807, 2.05) is 0 Å². The SMILES string of the molecule is C=C1CC2([N+](=O)[O-])CCCCC2C1S(=O)(=O)c1ccccc1. The molecule has 1 aromatic rings. The van der Waals surface area contributed by atoms with Crippen LogP contribution in [0.2, 0.25) is 0 Å². The minimum Gasteiger partial charge on any atom is -0.264 e. The van der Waals surface area contributed by atoms with E-state index in [1.165, 1.54) is 0 Å². The summed E-state index contributed by atoms with van der Waals surface area (Å²) < 4.78 is 26.0. The molecule has 0 radical (unpaired) electrons. The van der Waals surface area contributed by atoms with Gasteiger partial charge in [-0.1, -0.05) is 36.8 Å². The Balaban J connectivity index is 2.08. The summed E-state index contributed by atoms with van der Waals surface area (Å²) in [7, 11) is -3.63. The van der Waals surface area contributed by atoms with Crippen molar-refractivity contribution >= 4 is 9.84 Å². The van der Waals surface area contributed by atoms with Gasteiger partial charge in [-0.15, -0.1) is 0 Å². The standard InChI is InChI=1S/C16H19NO4S/c1-12-11-16(17(18)19)10-6-5-9-14(16)15(12)22(20,21)13-7-3-2-4-8-13/h2-4,7-8,14-15H,1,5-6,9-11H2. The van der Waals surface area contributed by atoms with Crippen LogP contribution in [0.25, 0.3) is 0 Å². The second kappa shape index (κ2) is 5.19. The topological polar surface area (TPSA) is 77.3 Å². The normalized spacial score (nSPS) is 31.7. The molecule has 2 saturated carbocycles. The van der Waals surface area contributed by atoms with E-state index in [1.54, 1.807) is 30.3 Å². The second-order valence-corrected chi connectivity index (χ2v) is 8.40. The van der Waals surface area contributed by atoms with E-state index in [-0.39, 0.29) is 16.2 Å². The first-order valence-corrected chi connectivity index (χ1v) is 9.05. The quantitative estimate of drug-likeness (QED) is 0.487. The van der Waals surface area contributed by atoms with Crippen molar-refractivity contribution in [3.63, 3.8) is 0 Å². The second-order valence-electron chi connectivity index (χ2n) is 6.33. The highest BCUT2D eigenvalue weighted by Gasteiger charge is 2.63. The first-order chi connectivity index (χ1) is 10.4. The average molecular weight is 321 g/mol. The minimum atomic E-state index is -3.63. The summed E-state index contributed by atoms with van der Waals surface area (Å²) in [6.07, 6.45) is 2.83. The average Bonchev–Trinajstić information content (AvgIpc) is 2.82. The van der Waals surface area contributed by atoms with Crippen molar-refractivity contribution < 1.29 is 13.3 Å². The Hall–Kier alpha value is -1.69. The van der Waals surface area contributed by atoms with E-state index in [2.05, 4.69) is 6.58 Å². The van der Waals surface area contributed by atoms with Crippen LogP contribution in [0.1, 0.15) is 32.1 Å². The Morgan fingerprint density at radius 2 is 1.91 bits per heavy atom. The summed E-state index contributed by atoms with van der Waals surface area (Å²) in [4.78, 5) is 11.7. The number of fused-ring (bicyclic) bond motifs is 1. The Morgan fingerprint density at radius 3 is 2.55 bits per heavy atom. The smallest absolute Gasteiger partial charge is 0.230 e. The first-order valence-electron chi connectivity index (χ1n) is 7.51. The highest BCUT2D eigenvalue weighted by Crippen LogP contribution is 2.52. The molecule has 3 atom stereocenters. The van der Waals surface area contributed by atoms with Gasteiger partial charge in [0.1, 0.15) is 0 Å². The van der Waals surface area contributed by atoms with Crippen LogP contribution < -0.4 is 0 Å². The molecular weight excluding hydrogens is 302 g/mol. The van der Waals surface area contributed by atoms with Gasteiger partial charge in [-0.3, -0.25) is 10.1 Å². The number of nitrogens with zero attached hydrogens (tertiary/aromatic N) is 1. The van der Waals surface area contributed by atoms with Gasteiger partial charge in [0.15, 0.2) is 9.84 Å². The summed E-state index contributed by atoms with van der Waals surface area (Å²) in [6, 6.07) is 8.21. The maximum atomic E-state index is 13.0. The molecule has 0 amide bonds. The van der Waals surface area contributed by atoms with Crippen LogP contribution in [-0.2, 0) is 9.84 Å². The third kappa shape index (κ3) is 2.08. The molecule has 22 heavy (non-hydrogen) atoms. The molecule has 2 aliphatic rings. The largest absolute Gasteiger partial charge is 0.264 e. The van der Waals surface area contributed by atoms with Gasteiger partial charge in [0.2, 0.25) is 5.54 Å². The Labute approximate surface area is 130 Å². The third-order valence-corrected chi connectivity index (χ3v) is 7.40. The number of hydrogen-bond donors (Lipinski definition) is 0. The maximum Gasteiger partial charge on any atom is 0.230 e. The lowest BCUT2D eigenvalue weighted by atomic mass is 9.75. The van der Waals surface area contributed by atoms with Crippen molar-refractivity contribution in [2.24, 2.45) is 5.92 Å². The van der Waals surface area contributed by atoms with Gasteiger partial charge in [0.25, 0.3) is 0 Å². The zero-order chi connectivity index (χ0) is 16.0.